The first-order valence-corrected chi connectivity index (χ1v) is 17.1. The van der Waals surface area contributed by atoms with Crippen LogP contribution in [0.15, 0.2) is 170 Å². The van der Waals surface area contributed by atoms with E-state index in [9.17, 15) is 0 Å². The van der Waals surface area contributed by atoms with E-state index in [0.29, 0.717) is 3.63 Å². The van der Waals surface area contributed by atoms with Gasteiger partial charge in [-0.2, -0.15) is 0 Å². The van der Waals surface area contributed by atoms with E-state index in [1.807, 2.05) is 0 Å². The van der Waals surface area contributed by atoms with E-state index in [1.54, 1.807) is 0 Å². The average Bonchev–Trinajstić information content (AvgIpc) is 3.39. The number of hydrogen-bond donors (Lipinski definition) is 0. The molecular formula is C41H30Zr. The van der Waals surface area contributed by atoms with Crippen LogP contribution in [0.2, 0.25) is 0 Å². The van der Waals surface area contributed by atoms with Gasteiger partial charge in [-0.3, -0.25) is 0 Å². The quantitative estimate of drug-likeness (QED) is 0.124. The van der Waals surface area contributed by atoms with Crippen LogP contribution in [0.1, 0.15) is 37.0 Å². The molecule has 0 heterocycles. The number of allylic oxidation sites excluding steroid dienone is 2. The molecular weight excluding hydrogens is 584 g/mol. The van der Waals surface area contributed by atoms with Gasteiger partial charge in [0.25, 0.3) is 0 Å². The van der Waals surface area contributed by atoms with Crippen LogP contribution < -0.4 is 0 Å². The van der Waals surface area contributed by atoms with Crippen molar-refractivity contribution in [3.05, 3.63) is 203 Å². The van der Waals surface area contributed by atoms with Gasteiger partial charge in [-0.15, -0.1) is 0 Å². The molecule has 7 rings (SSSR count). The summed E-state index contributed by atoms with van der Waals surface area (Å²) in [5, 5.41) is 0. The SMILES string of the molecule is C(=C(C(=[C]([Zr][CH]1c2ccccc2-c2ccccc21)c1ccccc1)c1ccccc1)c1ccccc1)c1ccccc1. The van der Waals surface area contributed by atoms with Crippen molar-refractivity contribution in [2.75, 3.05) is 0 Å². The van der Waals surface area contributed by atoms with Crippen LogP contribution in [0, 0.1) is 0 Å². The zero-order valence-corrected chi connectivity index (χ0v) is 25.8. The Morgan fingerprint density at radius 1 is 0.429 bits per heavy atom. The molecule has 0 spiro atoms. The summed E-state index contributed by atoms with van der Waals surface area (Å²) in [6, 6.07) is 62.0. The molecule has 0 N–H and O–H groups in total. The maximum atomic E-state index is 2.39. The molecule has 6 aromatic rings. The van der Waals surface area contributed by atoms with E-state index in [1.165, 1.54) is 58.9 Å². The Labute approximate surface area is 260 Å². The third-order valence-corrected chi connectivity index (χ3v) is 12.2. The van der Waals surface area contributed by atoms with E-state index in [2.05, 4.69) is 176 Å². The summed E-state index contributed by atoms with van der Waals surface area (Å²) in [4.78, 5) is 0. The second-order valence-electron chi connectivity index (χ2n) is 10.6. The van der Waals surface area contributed by atoms with Crippen molar-refractivity contribution in [3.63, 3.8) is 0 Å². The summed E-state index contributed by atoms with van der Waals surface area (Å²) >= 11 is -1.30. The van der Waals surface area contributed by atoms with Gasteiger partial charge in [-0.05, 0) is 0 Å². The molecule has 198 valence electrons. The molecule has 1 aliphatic rings. The summed E-state index contributed by atoms with van der Waals surface area (Å²) in [5.41, 5.74) is 13.4. The van der Waals surface area contributed by atoms with Gasteiger partial charge in [-0.25, -0.2) is 0 Å². The molecule has 0 amide bonds. The van der Waals surface area contributed by atoms with Crippen molar-refractivity contribution in [3.8, 4) is 11.1 Å². The van der Waals surface area contributed by atoms with Crippen LogP contribution in [0.4, 0.5) is 0 Å². The number of benzene rings is 6. The van der Waals surface area contributed by atoms with Crippen LogP contribution in [-0.2, 0) is 23.2 Å². The summed E-state index contributed by atoms with van der Waals surface area (Å²) in [7, 11) is 0. The molecule has 0 unspecified atom stereocenters. The standard InChI is InChI=1S/C28H21.C13H9.Zr/c1-5-13-23(14-6-1)21-27(25-17-9-3-10-18-25)28(26-19-11-4-12-20-26)22-24-15-7-2-8-16-24;1-3-7-12-10(5-1)9-11-6-2-4-8-13(11)12;/h1-21H;1-9H;. The molecule has 42 heavy (non-hydrogen) atoms. The Morgan fingerprint density at radius 2 is 0.857 bits per heavy atom. The Kier molecular flexibility index (Phi) is 7.77. The van der Waals surface area contributed by atoms with Gasteiger partial charge in [0.15, 0.2) is 0 Å². The van der Waals surface area contributed by atoms with Crippen molar-refractivity contribution < 1.29 is 23.2 Å². The average molecular weight is 614 g/mol. The van der Waals surface area contributed by atoms with E-state index in [0.717, 1.165) is 0 Å². The zero-order valence-electron chi connectivity index (χ0n) is 23.3. The van der Waals surface area contributed by atoms with Crippen LogP contribution in [0.5, 0.6) is 0 Å². The Hall–Kier alpha value is -4.32. The van der Waals surface area contributed by atoms with E-state index in [4.69, 9.17) is 0 Å². The second kappa shape index (κ2) is 12.3. The molecule has 0 saturated carbocycles. The van der Waals surface area contributed by atoms with Crippen LogP contribution in [0.25, 0.3) is 31.6 Å². The Morgan fingerprint density at radius 3 is 1.40 bits per heavy atom. The van der Waals surface area contributed by atoms with Crippen molar-refractivity contribution in [2.24, 2.45) is 0 Å². The van der Waals surface area contributed by atoms with Gasteiger partial charge in [0.05, 0.1) is 0 Å². The predicted molar refractivity (Wildman–Crippen MR) is 174 cm³/mol. The molecule has 6 aromatic carbocycles. The normalized spacial score (nSPS) is 13.2. The monoisotopic (exact) mass is 612 g/mol. The maximum absolute atomic E-state index is 2.39. The van der Waals surface area contributed by atoms with Crippen LogP contribution >= 0.6 is 0 Å². The summed E-state index contributed by atoms with van der Waals surface area (Å²) in [6.07, 6.45) is 2.39. The van der Waals surface area contributed by atoms with Gasteiger partial charge in [0.1, 0.15) is 0 Å². The number of fused-ring (bicyclic) bond motifs is 3. The molecule has 0 aromatic heterocycles. The molecule has 1 heteroatoms. The molecule has 0 fully saturated rings. The van der Waals surface area contributed by atoms with Crippen molar-refractivity contribution in [1.29, 1.82) is 0 Å². The number of hydrogen-bond acceptors (Lipinski definition) is 0. The van der Waals surface area contributed by atoms with Gasteiger partial charge in [0, 0.05) is 0 Å². The molecule has 0 saturated heterocycles. The van der Waals surface area contributed by atoms with E-state index < -0.39 is 23.2 Å². The van der Waals surface area contributed by atoms with Crippen molar-refractivity contribution in [2.45, 2.75) is 3.63 Å². The molecule has 1 aliphatic carbocycles. The van der Waals surface area contributed by atoms with Gasteiger partial charge < -0.3 is 0 Å². The first-order chi connectivity index (χ1) is 20.9. The third kappa shape index (κ3) is 5.34. The minimum atomic E-state index is -1.30. The Bertz CT molecular complexity index is 1820. The van der Waals surface area contributed by atoms with E-state index >= 15 is 0 Å². The molecule has 0 nitrogen and oxygen atoms in total. The van der Waals surface area contributed by atoms with Gasteiger partial charge in [-0.1, -0.05) is 0 Å². The summed E-state index contributed by atoms with van der Waals surface area (Å²) in [5.74, 6) is 0. The third-order valence-electron chi connectivity index (χ3n) is 7.96. The zero-order chi connectivity index (χ0) is 28.1. The van der Waals surface area contributed by atoms with E-state index in [-0.39, 0.29) is 0 Å². The fourth-order valence-corrected chi connectivity index (χ4v) is 10.6. The molecule has 0 radical (unpaired) electrons. The van der Waals surface area contributed by atoms with Crippen LogP contribution in [-0.4, -0.2) is 0 Å². The molecule has 0 atom stereocenters. The van der Waals surface area contributed by atoms with Gasteiger partial charge >= 0.3 is 262 Å². The fraction of sp³-hybridized carbons (Fsp3) is 0.0244. The molecule has 0 aliphatic heterocycles. The number of rotatable bonds is 7. The first kappa shape index (κ1) is 26.6. The second-order valence-corrected chi connectivity index (χ2v) is 13.9. The Balaban J connectivity index is 1.53. The van der Waals surface area contributed by atoms with Crippen LogP contribution in [0.3, 0.4) is 0 Å². The molecule has 0 bridgehead atoms. The van der Waals surface area contributed by atoms with Crippen molar-refractivity contribution >= 4 is 20.5 Å². The minimum absolute atomic E-state index is 0.434. The topological polar surface area (TPSA) is 0 Å². The predicted octanol–water partition coefficient (Wildman–Crippen LogP) is 10.6. The summed E-state index contributed by atoms with van der Waals surface area (Å²) < 4.78 is 1.96. The summed E-state index contributed by atoms with van der Waals surface area (Å²) in [6.45, 7) is 0. The fourth-order valence-electron chi connectivity index (χ4n) is 6.03. The van der Waals surface area contributed by atoms with Crippen molar-refractivity contribution in [1.82, 2.24) is 0 Å². The first-order valence-electron chi connectivity index (χ1n) is 14.5. The van der Waals surface area contributed by atoms with Gasteiger partial charge in [0.2, 0.25) is 0 Å².